The summed E-state index contributed by atoms with van der Waals surface area (Å²) in [4.78, 5) is 16.3. The number of nitrogens with zero attached hydrogens (tertiary/aromatic N) is 2. The van der Waals surface area contributed by atoms with Crippen LogP contribution in [0.2, 0.25) is 5.02 Å². The van der Waals surface area contributed by atoms with Crippen molar-refractivity contribution in [3.05, 3.63) is 46.5 Å². The van der Waals surface area contributed by atoms with E-state index in [0.717, 1.165) is 5.56 Å². The van der Waals surface area contributed by atoms with Crippen molar-refractivity contribution >= 4 is 17.6 Å². The number of H-pyrrole nitrogens is 1. The summed E-state index contributed by atoms with van der Waals surface area (Å²) in [6.07, 6.45) is 0. The van der Waals surface area contributed by atoms with Gasteiger partial charge in [0.25, 0.3) is 0 Å². The number of nitrogens with one attached hydrogen (secondary N) is 1. The predicted octanol–water partition coefficient (Wildman–Crippen LogP) is 2.46. The molecule has 19 heavy (non-hydrogen) atoms. The topological polar surface area (TPSA) is 67.9 Å². The van der Waals surface area contributed by atoms with Gasteiger partial charge in [-0.15, -0.1) is 0 Å². The van der Waals surface area contributed by atoms with Crippen LogP contribution in [0.3, 0.4) is 0 Å². The van der Waals surface area contributed by atoms with Crippen LogP contribution in [0.1, 0.15) is 30.1 Å². The van der Waals surface area contributed by atoms with Gasteiger partial charge in [-0.3, -0.25) is 9.89 Å². The molecule has 5 nitrogen and oxygen atoms in total. The smallest absolute Gasteiger partial charge is 0.321 e. The van der Waals surface area contributed by atoms with Gasteiger partial charge < -0.3 is 4.74 Å². The zero-order valence-electron chi connectivity index (χ0n) is 10.7. The van der Waals surface area contributed by atoms with Crippen LogP contribution in [0.25, 0.3) is 0 Å². The number of carbonyl (C=O) groups is 1. The fraction of sp³-hybridized carbons (Fsp3) is 0.308. The summed E-state index contributed by atoms with van der Waals surface area (Å²) in [5.41, 5.74) is 0.752. The lowest BCUT2D eigenvalue weighted by atomic mass is 9.98. The molecule has 0 amide bonds. The summed E-state index contributed by atoms with van der Waals surface area (Å²) < 4.78 is 5.09. The highest BCUT2D eigenvalue weighted by Gasteiger charge is 2.27. The van der Waals surface area contributed by atoms with Gasteiger partial charge in [0.15, 0.2) is 5.82 Å². The Morgan fingerprint density at radius 1 is 1.42 bits per heavy atom. The first-order valence-electron chi connectivity index (χ1n) is 5.92. The molecule has 100 valence electrons. The van der Waals surface area contributed by atoms with Crippen molar-refractivity contribution in [1.82, 2.24) is 15.2 Å². The Balaban J connectivity index is 2.39. The number of halogens is 1. The molecule has 1 unspecified atom stereocenters. The molecule has 0 saturated heterocycles. The summed E-state index contributed by atoms with van der Waals surface area (Å²) >= 11 is 5.85. The second-order valence-electron chi connectivity index (χ2n) is 4.02. The van der Waals surface area contributed by atoms with Gasteiger partial charge in [-0.05, 0) is 31.5 Å². The quantitative estimate of drug-likeness (QED) is 0.873. The zero-order chi connectivity index (χ0) is 13.8. The lowest BCUT2D eigenvalue weighted by molar-refractivity contribution is -0.144. The fourth-order valence-corrected chi connectivity index (χ4v) is 1.89. The van der Waals surface area contributed by atoms with Crippen molar-refractivity contribution in [2.75, 3.05) is 6.61 Å². The Morgan fingerprint density at radius 2 is 2.11 bits per heavy atom. The molecule has 0 saturated carbocycles. The van der Waals surface area contributed by atoms with Crippen LogP contribution < -0.4 is 0 Å². The number of benzene rings is 1. The van der Waals surface area contributed by atoms with E-state index in [-0.39, 0.29) is 5.97 Å². The summed E-state index contributed by atoms with van der Waals surface area (Å²) in [6, 6.07) is 7.00. The minimum absolute atomic E-state index is 0.312. The van der Waals surface area contributed by atoms with E-state index in [0.29, 0.717) is 23.3 Å². The zero-order valence-corrected chi connectivity index (χ0v) is 11.4. The minimum Gasteiger partial charge on any atom is -0.465 e. The van der Waals surface area contributed by atoms with Gasteiger partial charge in [-0.25, -0.2) is 4.98 Å². The maximum atomic E-state index is 12.1. The number of hydrogen-bond acceptors (Lipinski definition) is 4. The number of esters is 1. The molecule has 2 aromatic rings. The number of aromatic nitrogens is 3. The van der Waals surface area contributed by atoms with Gasteiger partial charge in [-0.2, -0.15) is 5.10 Å². The van der Waals surface area contributed by atoms with Gasteiger partial charge in [0.05, 0.1) is 6.61 Å². The summed E-state index contributed by atoms with van der Waals surface area (Å²) in [6.45, 7) is 3.85. The van der Waals surface area contributed by atoms with E-state index in [1.165, 1.54) is 0 Å². The first kappa shape index (κ1) is 13.5. The van der Waals surface area contributed by atoms with Gasteiger partial charge in [0.1, 0.15) is 11.7 Å². The highest BCUT2D eigenvalue weighted by atomic mass is 35.5. The molecule has 0 fully saturated rings. The van der Waals surface area contributed by atoms with Crippen molar-refractivity contribution in [2.24, 2.45) is 0 Å². The van der Waals surface area contributed by atoms with Crippen molar-refractivity contribution in [3.8, 4) is 0 Å². The Bertz CT molecular complexity index is 566. The fourth-order valence-electron chi connectivity index (χ4n) is 1.76. The molecular formula is C13H14ClN3O2. The monoisotopic (exact) mass is 279 g/mol. The number of carbonyl (C=O) groups excluding carboxylic acids is 1. The third-order valence-electron chi connectivity index (χ3n) is 2.60. The van der Waals surface area contributed by atoms with Gasteiger partial charge in [0, 0.05) is 5.02 Å². The molecule has 2 rings (SSSR count). The lowest BCUT2D eigenvalue weighted by Crippen LogP contribution is -2.18. The summed E-state index contributed by atoms with van der Waals surface area (Å²) in [7, 11) is 0. The Morgan fingerprint density at radius 3 is 2.63 bits per heavy atom. The molecule has 0 aliphatic heterocycles. The third kappa shape index (κ3) is 3.12. The highest BCUT2D eigenvalue weighted by molar-refractivity contribution is 6.30. The van der Waals surface area contributed by atoms with Crippen molar-refractivity contribution in [1.29, 1.82) is 0 Å². The molecule has 1 N–H and O–H groups in total. The first-order chi connectivity index (χ1) is 9.11. The number of aromatic amines is 1. The van der Waals surface area contributed by atoms with Crippen LogP contribution >= 0.6 is 11.6 Å². The lowest BCUT2D eigenvalue weighted by Gasteiger charge is -2.12. The molecule has 1 aromatic carbocycles. The van der Waals surface area contributed by atoms with Crippen LogP contribution in [-0.4, -0.2) is 27.8 Å². The van der Waals surface area contributed by atoms with E-state index in [1.54, 1.807) is 38.1 Å². The van der Waals surface area contributed by atoms with Crippen LogP contribution in [0, 0.1) is 6.92 Å². The number of ether oxygens (including phenoxy) is 1. The molecule has 0 aliphatic carbocycles. The average molecular weight is 280 g/mol. The van der Waals surface area contributed by atoms with Crippen LogP contribution in [0.4, 0.5) is 0 Å². The normalized spacial score (nSPS) is 12.2. The van der Waals surface area contributed by atoms with Crippen LogP contribution in [0.15, 0.2) is 24.3 Å². The Kier molecular flexibility index (Phi) is 4.16. The Labute approximate surface area is 116 Å². The third-order valence-corrected chi connectivity index (χ3v) is 2.85. The Hall–Kier alpha value is -1.88. The van der Waals surface area contributed by atoms with Gasteiger partial charge in [-0.1, -0.05) is 23.7 Å². The largest absolute Gasteiger partial charge is 0.465 e. The molecule has 0 spiro atoms. The first-order valence-corrected chi connectivity index (χ1v) is 6.30. The SMILES string of the molecule is CCOC(=O)C(c1ccc(Cl)cc1)c1n[nH]c(C)n1. The van der Waals surface area contributed by atoms with Crippen molar-refractivity contribution in [3.63, 3.8) is 0 Å². The maximum Gasteiger partial charge on any atom is 0.321 e. The van der Waals surface area contributed by atoms with Crippen LogP contribution in [0.5, 0.6) is 0 Å². The second kappa shape index (κ2) is 5.84. The molecule has 0 aliphatic rings. The average Bonchev–Trinajstić information content (AvgIpc) is 2.79. The standard InChI is InChI=1S/C13H14ClN3O2/c1-3-19-13(18)11(12-15-8(2)16-17-12)9-4-6-10(14)7-5-9/h4-7,11H,3H2,1-2H3,(H,15,16,17). The molecular weight excluding hydrogens is 266 g/mol. The second-order valence-corrected chi connectivity index (χ2v) is 4.45. The maximum absolute atomic E-state index is 12.1. The van der Waals surface area contributed by atoms with E-state index in [9.17, 15) is 4.79 Å². The van der Waals surface area contributed by atoms with Crippen molar-refractivity contribution in [2.45, 2.75) is 19.8 Å². The van der Waals surface area contributed by atoms with E-state index < -0.39 is 5.92 Å². The van der Waals surface area contributed by atoms with E-state index in [4.69, 9.17) is 16.3 Å². The molecule has 1 atom stereocenters. The number of hydrogen-bond donors (Lipinski definition) is 1. The van der Waals surface area contributed by atoms with E-state index >= 15 is 0 Å². The number of rotatable bonds is 4. The van der Waals surface area contributed by atoms with Crippen LogP contribution in [-0.2, 0) is 9.53 Å². The van der Waals surface area contributed by atoms with E-state index in [1.807, 2.05) is 0 Å². The molecule has 1 heterocycles. The van der Waals surface area contributed by atoms with Gasteiger partial charge >= 0.3 is 5.97 Å². The van der Waals surface area contributed by atoms with Gasteiger partial charge in [0.2, 0.25) is 0 Å². The molecule has 1 aromatic heterocycles. The highest BCUT2D eigenvalue weighted by Crippen LogP contribution is 2.24. The van der Waals surface area contributed by atoms with Crippen molar-refractivity contribution < 1.29 is 9.53 Å². The minimum atomic E-state index is -0.637. The molecule has 6 heteroatoms. The molecule has 0 radical (unpaired) electrons. The number of aryl methyl sites for hydroxylation is 1. The summed E-state index contributed by atoms with van der Waals surface area (Å²) in [5, 5.41) is 7.39. The predicted molar refractivity (Wildman–Crippen MR) is 71.0 cm³/mol. The molecule has 0 bridgehead atoms. The van der Waals surface area contributed by atoms with E-state index in [2.05, 4.69) is 15.2 Å². The summed E-state index contributed by atoms with van der Waals surface area (Å²) in [5.74, 6) is 0.0440.